The summed E-state index contributed by atoms with van der Waals surface area (Å²) in [7, 11) is 0. The zero-order valence-electron chi connectivity index (χ0n) is 10.0. The molecule has 2 atom stereocenters. The first-order valence-electron chi connectivity index (χ1n) is 6.47. The fourth-order valence-electron chi connectivity index (χ4n) is 2.86. The molecular weight excluding hydrogens is 214 g/mol. The van der Waals surface area contributed by atoms with Crippen LogP contribution in [0.3, 0.4) is 0 Å². The summed E-state index contributed by atoms with van der Waals surface area (Å²) in [5.41, 5.74) is 7.50. The van der Waals surface area contributed by atoms with E-state index >= 15 is 0 Å². The minimum absolute atomic E-state index is 0.349. The minimum atomic E-state index is 0.349. The molecule has 1 aromatic rings. The molecule has 2 aliphatic rings. The van der Waals surface area contributed by atoms with Crippen molar-refractivity contribution in [1.29, 1.82) is 0 Å². The first kappa shape index (κ1) is 10.9. The SMILES string of the molecule is N[C@@H]1CCCC[C@H]1Cc1ccc2c(c1)OCO2. The highest BCUT2D eigenvalue weighted by atomic mass is 16.7. The van der Waals surface area contributed by atoms with E-state index in [0.29, 0.717) is 18.8 Å². The van der Waals surface area contributed by atoms with Crippen LogP contribution in [0.25, 0.3) is 0 Å². The van der Waals surface area contributed by atoms with Crippen molar-refractivity contribution in [3.63, 3.8) is 0 Å². The van der Waals surface area contributed by atoms with Gasteiger partial charge in [-0.25, -0.2) is 0 Å². The van der Waals surface area contributed by atoms with E-state index in [4.69, 9.17) is 15.2 Å². The van der Waals surface area contributed by atoms with Gasteiger partial charge in [-0.1, -0.05) is 18.9 Å². The van der Waals surface area contributed by atoms with Crippen LogP contribution in [-0.4, -0.2) is 12.8 Å². The largest absolute Gasteiger partial charge is 0.454 e. The van der Waals surface area contributed by atoms with Gasteiger partial charge in [0.25, 0.3) is 0 Å². The van der Waals surface area contributed by atoms with Crippen LogP contribution < -0.4 is 15.2 Å². The van der Waals surface area contributed by atoms with Crippen LogP contribution >= 0.6 is 0 Å². The van der Waals surface area contributed by atoms with Crippen LogP contribution in [0.4, 0.5) is 0 Å². The molecule has 17 heavy (non-hydrogen) atoms. The number of hydrogen-bond donors (Lipinski definition) is 1. The number of ether oxygens (including phenoxy) is 2. The van der Waals surface area contributed by atoms with E-state index in [0.717, 1.165) is 17.9 Å². The second-order valence-electron chi connectivity index (χ2n) is 5.10. The monoisotopic (exact) mass is 233 g/mol. The lowest BCUT2D eigenvalue weighted by molar-refractivity contribution is 0.174. The van der Waals surface area contributed by atoms with Gasteiger partial charge in [-0.3, -0.25) is 0 Å². The van der Waals surface area contributed by atoms with Crippen molar-refractivity contribution >= 4 is 0 Å². The Hall–Kier alpha value is -1.22. The average molecular weight is 233 g/mol. The molecule has 92 valence electrons. The number of rotatable bonds is 2. The van der Waals surface area contributed by atoms with E-state index in [9.17, 15) is 0 Å². The van der Waals surface area contributed by atoms with Crippen molar-refractivity contribution in [1.82, 2.24) is 0 Å². The molecule has 1 aliphatic heterocycles. The van der Waals surface area contributed by atoms with Gasteiger partial charge in [0.2, 0.25) is 6.79 Å². The molecule has 0 saturated heterocycles. The second kappa shape index (κ2) is 4.57. The molecule has 2 N–H and O–H groups in total. The molecule has 0 unspecified atom stereocenters. The van der Waals surface area contributed by atoms with E-state index in [1.807, 2.05) is 6.07 Å². The Bertz CT molecular complexity index is 405. The van der Waals surface area contributed by atoms with E-state index in [2.05, 4.69) is 12.1 Å². The molecule has 1 saturated carbocycles. The summed E-state index contributed by atoms with van der Waals surface area (Å²) < 4.78 is 10.7. The topological polar surface area (TPSA) is 44.5 Å². The fourth-order valence-corrected chi connectivity index (χ4v) is 2.86. The van der Waals surface area contributed by atoms with Crippen LogP contribution in [0, 0.1) is 5.92 Å². The first-order valence-corrected chi connectivity index (χ1v) is 6.47. The van der Waals surface area contributed by atoms with Gasteiger partial charge in [-0.2, -0.15) is 0 Å². The molecule has 1 aliphatic carbocycles. The highest BCUT2D eigenvalue weighted by Gasteiger charge is 2.22. The lowest BCUT2D eigenvalue weighted by Gasteiger charge is -2.28. The highest BCUT2D eigenvalue weighted by Crippen LogP contribution is 2.34. The Balaban J connectivity index is 1.72. The fraction of sp³-hybridized carbons (Fsp3) is 0.571. The summed E-state index contributed by atoms with van der Waals surface area (Å²) in [6, 6.07) is 6.61. The van der Waals surface area contributed by atoms with Crippen LogP contribution in [-0.2, 0) is 6.42 Å². The van der Waals surface area contributed by atoms with Crippen LogP contribution in [0.5, 0.6) is 11.5 Å². The Kier molecular flexibility index (Phi) is 2.93. The van der Waals surface area contributed by atoms with Gasteiger partial charge in [-0.05, 0) is 42.9 Å². The number of benzene rings is 1. The molecule has 0 spiro atoms. The molecule has 3 nitrogen and oxygen atoms in total. The molecule has 1 heterocycles. The van der Waals surface area contributed by atoms with Crippen LogP contribution in [0.1, 0.15) is 31.2 Å². The van der Waals surface area contributed by atoms with Gasteiger partial charge in [0, 0.05) is 6.04 Å². The third kappa shape index (κ3) is 2.25. The highest BCUT2D eigenvalue weighted by molar-refractivity contribution is 5.44. The molecule has 1 fully saturated rings. The summed E-state index contributed by atoms with van der Waals surface area (Å²) in [5, 5.41) is 0. The van der Waals surface area contributed by atoms with Gasteiger partial charge in [0.05, 0.1) is 0 Å². The third-order valence-electron chi connectivity index (χ3n) is 3.90. The second-order valence-corrected chi connectivity index (χ2v) is 5.10. The van der Waals surface area contributed by atoms with E-state index < -0.39 is 0 Å². The van der Waals surface area contributed by atoms with Gasteiger partial charge >= 0.3 is 0 Å². The van der Waals surface area contributed by atoms with Crippen molar-refractivity contribution in [3.8, 4) is 11.5 Å². The van der Waals surface area contributed by atoms with Gasteiger partial charge in [-0.15, -0.1) is 0 Å². The smallest absolute Gasteiger partial charge is 0.231 e. The number of nitrogens with two attached hydrogens (primary N) is 1. The lowest BCUT2D eigenvalue weighted by Crippen LogP contribution is -2.34. The normalized spacial score (nSPS) is 27.1. The van der Waals surface area contributed by atoms with Gasteiger partial charge < -0.3 is 15.2 Å². The summed E-state index contributed by atoms with van der Waals surface area (Å²) in [6.07, 6.45) is 6.12. The maximum absolute atomic E-state index is 6.18. The number of fused-ring (bicyclic) bond motifs is 1. The molecule has 0 bridgehead atoms. The molecule has 3 rings (SSSR count). The van der Waals surface area contributed by atoms with E-state index in [-0.39, 0.29) is 0 Å². The standard InChI is InChI=1S/C14H19NO2/c15-12-4-2-1-3-11(12)7-10-5-6-13-14(8-10)17-9-16-13/h5-6,8,11-12H,1-4,7,9,15H2/t11-,12+/m0/s1. The summed E-state index contributed by atoms with van der Waals surface area (Å²) >= 11 is 0. The third-order valence-corrected chi connectivity index (χ3v) is 3.90. The van der Waals surface area contributed by atoms with Crippen LogP contribution in [0.2, 0.25) is 0 Å². The quantitative estimate of drug-likeness (QED) is 0.853. The Morgan fingerprint density at radius 3 is 2.82 bits per heavy atom. The van der Waals surface area contributed by atoms with Crippen molar-refractivity contribution in [2.24, 2.45) is 11.7 Å². The first-order chi connectivity index (χ1) is 8.33. The lowest BCUT2D eigenvalue weighted by atomic mass is 9.81. The molecule has 0 radical (unpaired) electrons. The Morgan fingerprint density at radius 2 is 1.94 bits per heavy atom. The summed E-state index contributed by atoms with van der Waals surface area (Å²) in [4.78, 5) is 0. The number of hydrogen-bond acceptors (Lipinski definition) is 3. The molecule has 3 heteroatoms. The maximum Gasteiger partial charge on any atom is 0.231 e. The predicted octanol–water partition coefficient (Wildman–Crippen LogP) is 2.48. The molecule has 1 aromatic carbocycles. The Labute approximate surface area is 102 Å². The van der Waals surface area contributed by atoms with Crippen molar-refractivity contribution in [3.05, 3.63) is 23.8 Å². The van der Waals surface area contributed by atoms with Crippen molar-refractivity contribution < 1.29 is 9.47 Å². The van der Waals surface area contributed by atoms with E-state index in [1.54, 1.807) is 0 Å². The minimum Gasteiger partial charge on any atom is -0.454 e. The van der Waals surface area contributed by atoms with Crippen molar-refractivity contribution in [2.45, 2.75) is 38.1 Å². The molecular formula is C14H19NO2. The summed E-state index contributed by atoms with van der Waals surface area (Å²) in [6.45, 7) is 0.349. The Morgan fingerprint density at radius 1 is 1.12 bits per heavy atom. The molecule has 0 aromatic heterocycles. The van der Waals surface area contributed by atoms with E-state index in [1.165, 1.54) is 31.2 Å². The van der Waals surface area contributed by atoms with Gasteiger partial charge in [0.1, 0.15) is 0 Å². The summed E-state index contributed by atoms with van der Waals surface area (Å²) in [5.74, 6) is 2.37. The zero-order valence-corrected chi connectivity index (χ0v) is 10.0. The average Bonchev–Trinajstić information content (AvgIpc) is 2.79. The van der Waals surface area contributed by atoms with Crippen LogP contribution in [0.15, 0.2) is 18.2 Å². The van der Waals surface area contributed by atoms with Crippen molar-refractivity contribution in [2.75, 3.05) is 6.79 Å². The predicted molar refractivity (Wildman–Crippen MR) is 66.2 cm³/mol. The maximum atomic E-state index is 6.18. The zero-order chi connectivity index (χ0) is 11.7. The molecule has 0 amide bonds. The van der Waals surface area contributed by atoms with Gasteiger partial charge in [0.15, 0.2) is 11.5 Å².